The van der Waals surface area contributed by atoms with Gasteiger partial charge in [-0.25, -0.2) is 0 Å². The van der Waals surface area contributed by atoms with E-state index in [1.807, 2.05) is 62.2 Å². The van der Waals surface area contributed by atoms with Crippen LogP contribution in [0.1, 0.15) is 18.4 Å². The van der Waals surface area contributed by atoms with E-state index in [1.165, 1.54) is 0 Å². The van der Waals surface area contributed by atoms with Gasteiger partial charge < -0.3 is 14.5 Å². The summed E-state index contributed by atoms with van der Waals surface area (Å²) in [5.74, 6) is 2.47. The van der Waals surface area contributed by atoms with E-state index in [0.29, 0.717) is 19.7 Å². The molecule has 1 aromatic heterocycles. The van der Waals surface area contributed by atoms with Crippen LogP contribution in [-0.4, -0.2) is 31.0 Å². The van der Waals surface area contributed by atoms with Gasteiger partial charge in [0.25, 0.3) is 0 Å². The number of carbonyl (C=O) groups is 1. The monoisotopic (exact) mass is 302 g/mol. The first-order valence-corrected chi connectivity index (χ1v) is 7.33. The molecule has 0 bridgehead atoms. The lowest BCUT2D eigenvalue weighted by Gasteiger charge is -2.15. The number of rotatable bonds is 7. The number of aryl methyl sites for hydroxylation is 1. The highest BCUT2D eigenvalue weighted by Gasteiger charge is 2.09. The fraction of sp³-hybridized carbons (Fsp3) is 0.353. The number of hydrogen-bond donors (Lipinski definition) is 1. The second-order valence-electron chi connectivity index (χ2n) is 5.19. The molecule has 0 saturated carbocycles. The topological polar surface area (TPSA) is 54.7 Å². The summed E-state index contributed by atoms with van der Waals surface area (Å²) < 4.78 is 10.9. The molecule has 0 saturated heterocycles. The zero-order chi connectivity index (χ0) is 15.9. The quantitative estimate of drug-likeness (QED) is 0.854. The van der Waals surface area contributed by atoms with Gasteiger partial charge in [0.15, 0.2) is 0 Å². The molecule has 0 radical (unpaired) electrons. The van der Waals surface area contributed by atoms with E-state index in [0.717, 1.165) is 23.0 Å². The first-order chi connectivity index (χ1) is 10.6. The van der Waals surface area contributed by atoms with Crippen LogP contribution in [0.25, 0.3) is 0 Å². The molecule has 0 aliphatic rings. The number of ether oxygens (including phenoxy) is 1. The molecule has 1 aromatic carbocycles. The lowest BCUT2D eigenvalue weighted by atomic mass is 10.3. The van der Waals surface area contributed by atoms with E-state index < -0.39 is 0 Å². The molecular weight excluding hydrogens is 280 g/mol. The van der Waals surface area contributed by atoms with Crippen LogP contribution in [0.2, 0.25) is 0 Å². The average Bonchev–Trinajstić information content (AvgIpc) is 2.86. The Kier molecular flexibility index (Phi) is 5.61. The predicted molar refractivity (Wildman–Crippen MR) is 86.0 cm³/mol. The number of nitrogens with one attached hydrogen (secondary N) is 1. The molecule has 0 aliphatic carbocycles. The fourth-order valence-electron chi connectivity index (χ4n) is 2.14. The molecule has 1 N–H and O–H groups in total. The Labute approximate surface area is 130 Å². The van der Waals surface area contributed by atoms with Gasteiger partial charge in [-0.2, -0.15) is 0 Å². The summed E-state index contributed by atoms with van der Waals surface area (Å²) >= 11 is 0. The van der Waals surface area contributed by atoms with Crippen molar-refractivity contribution in [1.29, 1.82) is 0 Å². The zero-order valence-electron chi connectivity index (χ0n) is 13.3. The number of anilines is 1. The van der Waals surface area contributed by atoms with Crippen molar-refractivity contribution >= 4 is 11.6 Å². The molecule has 22 heavy (non-hydrogen) atoms. The van der Waals surface area contributed by atoms with Crippen LogP contribution < -0.4 is 10.1 Å². The van der Waals surface area contributed by atoms with Crippen molar-refractivity contribution in [3.8, 4) is 5.75 Å². The summed E-state index contributed by atoms with van der Waals surface area (Å²) in [5.41, 5.74) is 0.760. The van der Waals surface area contributed by atoms with Crippen molar-refractivity contribution < 1.29 is 13.9 Å². The van der Waals surface area contributed by atoms with E-state index >= 15 is 0 Å². The third-order valence-corrected chi connectivity index (χ3v) is 3.08. The Balaban J connectivity index is 1.81. The van der Waals surface area contributed by atoms with Crippen LogP contribution in [-0.2, 0) is 11.3 Å². The predicted octanol–water partition coefficient (Wildman–Crippen LogP) is 3.06. The molecule has 1 heterocycles. The molecule has 1 amide bonds. The third-order valence-electron chi connectivity index (χ3n) is 3.08. The van der Waals surface area contributed by atoms with Crippen molar-refractivity contribution in [3.05, 3.63) is 47.9 Å². The number of furan rings is 1. The SMILES string of the molecule is CCOc1ccc(NC(=O)CN(C)Cc2ccc(C)o2)cc1. The van der Waals surface area contributed by atoms with Crippen LogP contribution in [0.5, 0.6) is 5.75 Å². The molecule has 0 unspecified atom stereocenters. The van der Waals surface area contributed by atoms with Gasteiger partial charge in [0, 0.05) is 5.69 Å². The maximum atomic E-state index is 12.0. The minimum atomic E-state index is -0.0602. The number of likely N-dealkylation sites (N-methyl/N-ethyl adjacent to an activating group) is 1. The largest absolute Gasteiger partial charge is 0.494 e. The van der Waals surface area contributed by atoms with Crippen molar-refractivity contribution in [1.82, 2.24) is 4.90 Å². The molecule has 0 spiro atoms. The summed E-state index contributed by atoms with van der Waals surface area (Å²) in [6.45, 7) is 5.37. The first-order valence-electron chi connectivity index (χ1n) is 7.33. The third kappa shape index (κ3) is 4.93. The average molecular weight is 302 g/mol. The van der Waals surface area contributed by atoms with Gasteiger partial charge >= 0.3 is 0 Å². The number of hydrogen-bond acceptors (Lipinski definition) is 4. The van der Waals surface area contributed by atoms with Gasteiger partial charge in [-0.3, -0.25) is 9.69 Å². The molecule has 5 nitrogen and oxygen atoms in total. The summed E-state index contributed by atoms with van der Waals surface area (Å²) in [6, 6.07) is 11.2. The highest BCUT2D eigenvalue weighted by atomic mass is 16.5. The molecule has 2 aromatic rings. The van der Waals surface area contributed by atoms with Crippen LogP contribution in [0.15, 0.2) is 40.8 Å². The molecular formula is C17H22N2O3. The molecule has 5 heteroatoms. The smallest absolute Gasteiger partial charge is 0.238 e. The maximum Gasteiger partial charge on any atom is 0.238 e. The van der Waals surface area contributed by atoms with Gasteiger partial charge in [-0.05, 0) is 57.3 Å². The van der Waals surface area contributed by atoms with Crippen molar-refractivity contribution in [2.45, 2.75) is 20.4 Å². The van der Waals surface area contributed by atoms with Gasteiger partial charge in [0.05, 0.1) is 19.7 Å². The Morgan fingerprint density at radius 3 is 2.55 bits per heavy atom. The van der Waals surface area contributed by atoms with Gasteiger partial charge in [0.1, 0.15) is 17.3 Å². The van der Waals surface area contributed by atoms with Crippen LogP contribution >= 0.6 is 0 Å². The van der Waals surface area contributed by atoms with Crippen LogP contribution in [0.4, 0.5) is 5.69 Å². The van der Waals surface area contributed by atoms with Gasteiger partial charge in [-0.1, -0.05) is 0 Å². The highest BCUT2D eigenvalue weighted by molar-refractivity contribution is 5.92. The molecule has 118 valence electrons. The van der Waals surface area contributed by atoms with Gasteiger partial charge in [0.2, 0.25) is 5.91 Å². The molecule has 0 aliphatic heterocycles. The molecule has 0 fully saturated rings. The Bertz CT molecular complexity index is 605. The summed E-state index contributed by atoms with van der Waals surface area (Å²) in [6.07, 6.45) is 0. The second-order valence-corrected chi connectivity index (χ2v) is 5.19. The Hall–Kier alpha value is -2.27. The Morgan fingerprint density at radius 2 is 1.95 bits per heavy atom. The lowest BCUT2D eigenvalue weighted by molar-refractivity contribution is -0.117. The zero-order valence-corrected chi connectivity index (χ0v) is 13.3. The van der Waals surface area contributed by atoms with E-state index in [2.05, 4.69) is 5.32 Å². The van der Waals surface area contributed by atoms with E-state index in [4.69, 9.17) is 9.15 Å². The second kappa shape index (κ2) is 7.66. The minimum absolute atomic E-state index is 0.0602. The normalized spacial score (nSPS) is 10.7. The molecule has 0 atom stereocenters. The van der Waals surface area contributed by atoms with E-state index in [1.54, 1.807) is 0 Å². The van der Waals surface area contributed by atoms with Crippen molar-refractivity contribution in [2.75, 3.05) is 25.5 Å². The van der Waals surface area contributed by atoms with Crippen LogP contribution in [0, 0.1) is 6.92 Å². The first kappa shape index (κ1) is 16.1. The summed E-state index contributed by atoms with van der Waals surface area (Å²) in [4.78, 5) is 13.9. The minimum Gasteiger partial charge on any atom is -0.494 e. The van der Waals surface area contributed by atoms with Crippen molar-refractivity contribution in [3.63, 3.8) is 0 Å². The number of carbonyl (C=O) groups excluding carboxylic acids is 1. The van der Waals surface area contributed by atoms with E-state index in [9.17, 15) is 4.79 Å². The number of amides is 1. The lowest BCUT2D eigenvalue weighted by Crippen LogP contribution is -2.29. The van der Waals surface area contributed by atoms with Crippen molar-refractivity contribution in [2.24, 2.45) is 0 Å². The van der Waals surface area contributed by atoms with E-state index in [-0.39, 0.29) is 5.91 Å². The van der Waals surface area contributed by atoms with Crippen LogP contribution in [0.3, 0.4) is 0 Å². The number of nitrogens with zero attached hydrogens (tertiary/aromatic N) is 1. The summed E-state index contributed by atoms with van der Waals surface area (Å²) in [7, 11) is 1.88. The number of benzene rings is 1. The standard InChI is InChI=1S/C17H22N2O3/c1-4-21-15-9-6-14(7-10-15)18-17(20)12-19(3)11-16-8-5-13(2)22-16/h5-10H,4,11-12H2,1-3H3,(H,18,20). The van der Waals surface area contributed by atoms with Gasteiger partial charge in [-0.15, -0.1) is 0 Å². The maximum absolute atomic E-state index is 12.0. The summed E-state index contributed by atoms with van der Waals surface area (Å²) in [5, 5.41) is 2.87. The highest BCUT2D eigenvalue weighted by Crippen LogP contribution is 2.15. The fourth-order valence-corrected chi connectivity index (χ4v) is 2.14. The molecule has 2 rings (SSSR count). The Morgan fingerprint density at radius 1 is 1.23 bits per heavy atom.